The predicted octanol–water partition coefficient (Wildman–Crippen LogP) is 10.0. The van der Waals surface area contributed by atoms with Crippen molar-refractivity contribution in [2.75, 3.05) is 40.5 Å². The highest BCUT2D eigenvalue weighted by Gasteiger charge is 2.47. The zero-order chi connectivity index (χ0) is 42.7. The summed E-state index contributed by atoms with van der Waals surface area (Å²) in [6.07, 6.45) is 12.7. The maximum absolute atomic E-state index is 14.8. The van der Waals surface area contributed by atoms with Gasteiger partial charge in [-0.25, -0.2) is 4.98 Å². The molecule has 1 N–H and O–H groups in total. The molecular weight excluding hydrogens is 787 g/mol. The highest BCUT2D eigenvalue weighted by Crippen LogP contribution is 2.44. The molecule has 0 bridgehead atoms. The second kappa shape index (κ2) is 18.6. The number of thioether (sulfide) groups is 1. The van der Waals surface area contributed by atoms with Crippen LogP contribution in [0.4, 0.5) is 0 Å². The van der Waals surface area contributed by atoms with Crippen molar-refractivity contribution in [1.29, 1.82) is 0 Å². The molecule has 0 spiro atoms. The summed E-state index contributed by atoms with van der Waals surface area (Å²) in [5.41, 5.74) is 9.79. The van der Waals surface area contributed by atoms with Gasteiger partial charge in [-0.3, -0.25) is 24.4 Å². The number of aliphatic imine (C=N–C) groups is 1. The van der Waals surface area contributed by atoms with Crippen molar-refractivity contribution in [3.63, 3.8) is 0 Å². The van der Waals surface area contributed by atoms with E-state index in [9.17, 15) is 9.59 Å². The number of hydrogen-bond donors (Lipinski definition) is 1. The maximum Gasteiger partial charge on any atom is 0.246 e. The summed E-state index contributed by atoms with van der Waals surface area (Å²) < 4.78 is 0. The number of amides is 2. The number of carbonyl (C=O) groups is 2. The van der Waals surface area contributed by atoms with E-state index in [0.29, 0.717) is 5.92 Å². The van der Waals surface area contributed by atoms with Gasteiger partial charge in [0.1, 0.15) is 17.9 Å². The Balaban J connectivity index is 0.861. The number of hydrogen-bond acceptors (Lipinski definition) is 7. The fourth-order valence-corrected chi connectivity index (χ4v) is 11.9. The third-order valence-electron chi connectivity index (χ3n) is 13.4. The van der Waals surface area contributed by atoms with E-state index in [-0.39, 0.29) is 41.4 Å². The predicted molar refractivity (Wildman–Crippen MR) is 252 cm³/mol. The number of nitrogens with one attached hydrogen (secondary N) is 1. The van der Waals surface area contributed by atoms with Crippen molar-refractivity contribution in [2.45, 2.75) is 80.9 Å². The molecule has 1 saturated carbocycles. The number of rotatable bonds is 12. The second-order valence-corrected chi connectivity index (χ2v) is 19.1. The Kier molecular flexibility index (Phi) is 12.6. The Bertz CT molecular complexity index is 2390. The van der Waals surface area contributed by atoms with Crippen LogP contribution in [0.1, 0.15) is 92.0 Å². The first kappa shape index (κ1) is 42.0. The van der Waals surface area contributed by atoms with Gasteiger partial charge in [0, 0.05) is 30.6 Å². The fraction of sp³-hybridized carbons (Fsp3) is 0.385. The van der Waals surface area contributed by atoms with Gasteiger partial charge in [-0.2, -0.15) is 0 Å². The SMILES string of the molecule is CN(C)C(C(=O)N1C(C2CCCCC2)SC[C@H]1C1=NC=C(c2ccc(-c3ccc(-c4cnc([C@@H]5CCCN5C(=O)[C@@H](c5ccccc5)N(C)C)[nH]4)cc3)cc2)C1)c1ccccc1. The number of H-pyrrole nitrogens is 1. The molecule has 320 valence electrons. The van der Waals surface area contributed by atoms with Crippen LogP contribution in [0, 0.1) is 5.92 Å². The number of carbonyl (C=O) groups excluding carboxylic acids is 2. The smallest absolute Gasteiger partial charge is 0.246 e. The van der Waals surface area contributed by atoms with E-state index < -0.39 is 0 Å². The highest BCUT2D eigenvalue weighted by atomic mass is 32.2. The molecule has 1 aromatic heterocycles. The van der Waals surface area contributed by atoms with E-state index in [2.05, 4.69) is 75.4 Å². The molecule has 9 rings (SSSR count). The standard InChI is InChI=1S/C52H59N7O2S/c1-56(2)47(39-15-8-5-9-16-39)50(60)58-30-14-21-45(58)49-54-33-44(55-49)38-28-26-36(27-29-38)35-22-24-37(25-23-35)42-31-43(53-32-42)46-34-62-52(41-19-12-7-13-20-41)59(46)51(61)48(57(3)4)40-17-10-6-11-18-40/h5-6,8-11,15-18,22-29,32-33,41,45-48,52H,7,12-14,19-21,30-31,34H2,1-4H3,(H,54,55)/t45-,46-,47+,48?,52?/m0/s1. The summed E-state index contributed by atoms with van der Waals surface area (Å²) in [5, 5.41) is 0.182. The lowest BCUT2D eigenvalue weighted by Crippen LogP contribution is -2.51. The van der Waals surface area contributed by atoms with Gasteiger partial charge >= 0.3 is 0 Å². The number of likely N-dealkylation sites (tertiary alicyclic amines) is 1. The monoisotopic (exact) mass is 845 g/mol. The minimum absolute atomic E-state index is 0.0160. The molecule has 62 heavy (non-hydrogen) atoms. The van der Waals surface area contributed by atoms with E-state index in [1.165, 1.54) is 37.7 Å². The molecule has 3 fully saturated rings. The molecule has 1 aliphatic carbocycles. The van der Waals surface area contributed by atoms with Crippen molar-refractivity contribution < 1.29 is 9.59 Å². The lowest BCUT2D eigenvalue weighted by molar-refractivity contribution is -0.138. The molecule has 10 heteroatoms. The fourth-order valence-electron chi connectivity index (χ4n) is 10.3. The molecule has 2 amide bonds. The Labute approximate surface area is 371 Å². The number of benzene rings is 4. The summed E-state index contributed by atoms with van der Waals surface area (Å²) in [6.45, 7) is 0.725. The third kappa shape index (κ3) is 8.57. The van der Waals surface area contributed by atoms with Crippen LogP contribution in [0.5, 0.6) is 0 Å². The van der Waals surface area contributed by atoms with Gasteiger partial charge in [0.2, 0.25) is 11.8 Å². The number of nitrogens with zero attached hydrogens (tertiary/aromatic N) is 6. The molecule has 4 heterocycles. The molecule has 9 nitrogen and oxygen atoms in total. The molecule has 3 aliphatic heterocycles. The number of imidazole rings is 1. The molecular formula is C52H59N7O2S. The first-order valence-corrected chi connectivity index (χ1v) is 23.5. The van der Waals surface area contributed by atoms with E-state index in [1.54, 1.807) is 0 Å². The summed E-state index contributed by atoms with van der Waals surface area (Å²) >= 11 is 1.97. The normalized spacial score (nSPS) is 21.7. The first-order valence-electron chi connectivity index (χ1n) is 22.4. The van der Waals surface area contributed by atoms with Crippen LogP contribution in [0.2, 0.25) is 0 Å². The summed E-state index contributed by atoms with van der Waals surface area (Å²) in [6, 6.07) is 36.9. The van der Waals surface area contributed by atoms with Gasteiger partial charge in [0.05, 0.1) is 29.3 Å². The first-order chi connectivity index (χ1) is 30.2. The quantitative estimate of drug-likeness (QED) is 0.135. The summed E-state index contributed by atoms with van der Waals surface area (Å²) in [7, 11) is 7.98. The van der Waals surface area contributed by atoms with E-state index in [1.807, 2.05) is 111 Å². The molecule has 2 saturated heterocycles. The van der Waals surface area contributed by atoms with Crippen LogP contribution >= 0.6 is 11.8 Å². The van der Waals surface area contributed by atoms with Gasteiger partial charge in [0.15, 0.2) is 0 Å². The van der Waals surface area contributed by atoms with Crippen molar-refractivity contribution in [3.05, 3.63) is 144 Å². The number of aromatic nitrogens is 2. The van der Waals surface area contributed by atoms with Gasteiger partial charge in [-0.1, -0.05) is 128 Å². The summed E-state index contributed by atoms with van der Waals surface area (Å²) in [4.78, 5) is 50.5. The Hall–Kier alpha value is -5.29. The second-order valence-electron chi connectivity index (χ2n) is 17.9. The Morgan fingerprint density at radius 2 is 1.26 bits per heavy atom. The zero-order valence-corrected chi connectivity index (χ0v) is 37.3. The van der Waals surface area contributed by atoms with Crippen LogP contribution in [-0.2, 0) is 9.59 Å². The topological polar surface area (TPSA) is 88.1 Å². The molecule has 0 radical (unpaired) electrons. The van der Waals surface area contributed by atoms with Crippen LogP contribution in [0.3, 0.4) is 0 Å². The van der Waals surface area contributed by atoms with Crippen molar-refractivity contribution >= 4 is 34.9 Å². The zero-order valence-electron chi connectivity index (χ0n) is 36.5. The number of aromatic amines is 1. The molecule has 5 aromatic rings. The van der Waals surface area contributed by atoms with Crippen LogP contribution < -0.4 is 0 Å². The molecule has 4 aromatic carbocycles. The van der Waals surface area contributed by atoms with Gasteiger partial charge in [-0.05, 0) is 98.7 Å². The lowest BCUT2D eigenvalue weighted by Gasteiger charge is -2.39. The van der Waals surface area contributed by atoms with Crippen molar-refractivity contribution in [3.8, 4) is 22.4 Å². The Morgan fingerprint density at radius 1 is 0.677 bits per heavy atom. The average molecular weight is 846 g/mol. The van der Waals surface area contributed by atoms with Gasteiger partial charge in [-0.15, -0.1) is 11.8 Å². The number of allylic oxidation sites excluding steroid dienone is 1. The Morgan fingerprint density at radius 3 is 1.87 bits per heavy atom. The molecule has 5 atom stereocenters. The van der Waals surface area contributed by atoms with Crippen LogP contribution in [0.15, 0.2) is 127 Å². The lowest BCUT2D eigenvalue weighted by atomic mass is 9.87. The minimum atomic E-state index is -0.340. The largest absolute Gasteiger partial charge is 0.340 e. The minimum Gasteiger partial charge on any atom is -0.340 e. The van der Waals surface area contributed by atoms with Gasteiger partial charge in [0.25, 0.3) is 0 Å². The number of likely N-dealkylation sites (N-methyl/N-ethyl adjacent to an activating group) is 2. The van der Waals surface area contributed by atoms with Crippen LogP contribution in [0.25, 0.3) is 28.0 Å². The van der Waals surface area contributed by atoms with Crippen molar-refractivity contribution in [2.24, 2.45) is 10.9 Å². The van der Waals surface area contributed by atoms with E-state index in [0.717, 1.165) is 82.2 Å². The van der Waals surface area contributed by atoms with E-state index >= 15 is 0 Å². The highest BCUT2D eigenvalue weighted by molar-refractivity contribution is 8.00. The average Bonchev–Trinajstić information content (AvgIpc) is 4.15. The van der Waals surface area contributed by atoms with Crippen LogP contribution in [-0.4, -0.2) is 99.0 Å². The molecule has 4 aliphatic rings. The van der Waals surface area contributed by atoms with E-state index in [4.69, 9.17) is 9.98 Å². The summed E-state index contributed by atoms with van der Waals surface area (Å²) in [5.74, 6) is 2.55. The van der Waals surface area contributed by atoms with Crippen molar-refractivity contribution in [1.82, 2.24) is 29.6 Å². The maximum atomic E-state index is 14.8. The van der Waals surface area contributed by atoms with Gasteiger partial charge < -0.3 is 14.8 Å². The molecule has 2 unspecified atom stereocenters. The third-order valence-corrected chi connectivity index (χ3v) is 14.9.